The Morgan fingerprint density at radius 2 is 0.714 bits per heavy atom. The van der Waals surface area contributed by atoms with Gasteiger partial charge in [-0.25, -0.2) is 15.0 Å². The van der Waals surface area contributed by atoms with Crippen LogP contribution in [0.4, 0.5) is 0 Å². The first-order valence-corrected chi connectivity index (χ1v) is 18.8. The topological polar surface area (TPSA) is 65.0 Å². The van der Waals surface area contributed by atoms with Crippen LogP contribution < -0.4 is 0 Å². The summed E-state index contributed by atoms with van der Waals surface area (Å²) in [6.45, 7) is 0. The minimum Gasteiger partial charge on any atom is -0.456 e. The molecule has 0 radical (unpaired) electrons. The molecule has 0 aliphatic rings. The van der Waals surface area contributed by atoms with E-state index in [-0.39, 0.29) is 0 Å². The van der Waals surface area contributed by atoms with E-state index >= 15 is 0 Å². The summed E-state index contributed by atoms with van der Waals surface area (Å²) < 4.78 is 12.8. The van der Waals surface area contributed by atoms with Crippen LogP contribution in [0, 0.1) is 0 Å². The third-order valence-corrected chi connectivity index (χ3v) is 11.1. The first-order valence-electron chi connectivity index (χ1n) is 18.8. The second-order valence-corrected chi connectivity index (χ2v) is 14.3. The van der Waals surface area contributed by atoms with Crippen LogP contribution in [0.5, 0.6) is 0 Å². The summed E-state index contributed by atoms with van der Waals surface area (Å²) >= 11 is 0. The van der Waals surface area contributed by atoms with Gasteiger partial charge in [0.05, 0.1) is 0 Å². The number of hydrogen-bond donors (Lipinski definition) is 0. The molecule has 0 fully saturated rings. The van der Waals surface area contributed by atoms with Gasteiger partial charge in [0.1, 0.15) is 22.3 Å². The Hall–Kier alpha value is -7.63. The quantitative estimate of drug-likeness (QED) is 0.170. The van der Waals surface area contributed by atoms with Crippen molar-refractivity contribution in [1.82, 2.24) is 15.0 Å². The minimum atomic E-state index is 0.571. The number of hydrogen-bond acceptors (Lipinski definition) is 5. The van der Waals surface area contributed by atoms with Crippen LogP contribution in [0.15, 0.2) is 185 Å². The maximum absolute atomic E-state index is 6.52. The van der Waals surface area contributed by atoms with Gasteiger partial charge in [-0.05, 0) is 79.8 Å². The molecule has 0 saturated heterocycles. The molecular weight excluding hydrogens is 687 g/mol. The van der Waals surface area contributed by atoms with Crippen molar-refractivity contribution in [2.45, 2.75) is 0 Å². The fraction of sp³-hybridized carbons (Fsp3) is 0. The molecule has 0 atom stereocenters. The zero-order valence-electron chi connectivity index (χ0n) is 29.9. The van der Waals surface area contributed by atoms with E-state index in [1.807, 2.05) is 72.8 Å². The fourth-order valence-corrected chi connectivity index (χ4v) is 8.57. The van der Waals surface area contributed by atoms with E-state index in [1.54, 1.807) is 0 Å². The zero-order valence-corrected chi connectivity index (χ0v) is 29.9. The zero-order chi connectivity index (χ0) is 36.7. The molecular formula is C51H29N3O2. The number of para-hydroxylation sites is 1. The summed E-state index contributed by atoms with van der Waals surface area (Å²) in [4.78, 5) is 15.5. The van der Waals surface area contributed by atoms with Gasteiger partial charge in [-0.1, -0.05) is 140 Å². The Kier molecular flexibility index (Phi) is 6.56. The molecule has 56 heavy (non-hydrogen) atoms. The van der Waals surface area contributed by atoms with Crippen molar-refractivity contribution in [3.05, 3.63) is 176 Å². The molecule has 0 saturated carbocycles. The van der Waals surface area contributed by atoms with E-state index < -0.39 is 0 Å². The maximum atomic E-state index is 6.52. The average molecular weight is 716 g/mol. The highest BCUT2D eigenvalue weighted by Crippen LogP contribution is 2.42. The standard InChI is InChI=1S/C51H29N3O2/c1-2-12-30(13-3-1)49-52-50(39-19-10-22-45-47(39)38-18-8-9-21-43(38)55-45)54-51(53-49)40-20-11-23-46-48(40)42-29-32(25-27-44(42)56-46)31-24-26-37-35-16-5-4-14-33(35)34-15-6-7-17-36(34)41(37)28-31/h1-29H. The van der Waals surface area contributed by atoms with Crippen LogP contribution in [0.2, 0.25) is 0 Å². The normalized spacial score (nSPS) is 11.9. The molecule has 260 valence electrons. The average Bonchev–Trinajstić information content (AvgIpc) is 3.85. The van der Waals surface area contributed by atoms with E-state index in [0.717, 1.165) is 71.7 Å². The van der Waals surface area contributed by atoms with Crippen molar-refractivity contribution in [2.24, 2.45) is 0 Å². The number of benzene rings is 9. The van der Waals surface area contributed by atoms with Crippen LogP contribution in [0.3, 0.4) is 0 Å². The molecule has 12 aromatic rings. The largest absolute Gasteiger partial charge is 0.456 e. The molecule has 5 heteroatoms. The third kappa shape index (κ3) is 4.64. The van der Waals surface area contributed by atoms with Crippen molar-refractivity contribution < 1.29 is 8.83 Å². The van der Waals surface area contributed by atoms with Gasteiger partial charge in [-0.3, -0.25) is 0 Å². The van der Waals surface area contributed by atoms with Crippen molar-refractivity contribution >= 4 is 76.2 Å². The Balaban J connectivity index is 1.08. The highest BCUT2D eigenvalue weighted by Gasteiger charge is 2.21. The lowest BCUT2D eigenvalue weighted by Crippen LogP contribution is -2.00. The van der Waals surface area contributed by atoms with Crippen LogP contribution >= 0.6 is 0 Å². The Morgan fingerprint density at radius 3 is 1.36 bits per heavy atom. The summed E-state index contributed by atoms with van der Waals surface area (Å²) in [7, 11) is 0. The predicted molar refractivity (Wildman–Crippen MR) is 229 cm³/mol. The molecule has 0 N–H and O–H groups in total. The second kappa shape index (κ2) is 11.9. The highest BCUT2D eigenvalue weighted by molar-refractivity contribution is 6.26. The molecule has 12 rings (SSSR count). The number of furan rings is 2. The van der Waals surface area contributed by atoms with Gasteiger partial charge in [0.15, 0.2) is 17.5 Å². The van der Waals surface area contributed by atoms with Crippen molar-refractivity contribution in [1.29, 1.82) is 0 Å². The SMILES string of the molecule is c1ccc(-c2nc(-c3cccc4oc5ccccc5c34)nc(-c3cccc4oc5ccc(-c6ccc7c8ccccc8c8ccccc8c7c6)cc5c34)n2)cc1. The smallest absolute Gasteiger partial charge is 0.164 e. The van der Waals surface area contributed by atoms with Gasteiger partial charge < -0.3 is 8.83 Å². The lowest BCUT2D eigenvalue weighted by Gasteiger charge is -2.12. The van der Waals surface area contributed by atoms with Gasteiger partial charge in [-0.15, -0.1) is 0 Å². The van der Waals surface area contributed by atoms with Gasteiger partial charge >= 0.3 is 0 Å². The van der Waals surface area contributed by atoms with E-state index in [9.17, 15) is 0 Å². The number of rotatable bonds is 4. The summed E-state index contributed by atoms with van der Waals surface area (Å²) in [6, 6.07) is 61.1. The van der Waals surface area contributed by atoms with E-state index in [4.69, 9.17) is 23.8 Å². The van der Waals surface area contributed by atoms with Crippen molar-refractivity contribution in [3.8, 4) is 45.3 Å². The van der Waals surface area contributed by atoms with Crippen molar-refractivity contribution in [3.63, 3.8) is 0 Å². The molecule has 9 aromatic carbocycles. The molecule has 5 nitrogen and oxygen atoms in total. The third-order valence-electron chi connectivity index (χ3n) is 11.1. The Morgan fingerprint density at radius 1 is 0.268 bits per heavy atom. The van der Waals surface area contributed by atoms with Crippen molar-refractivity contribution in [2.75, 3.05) is 0 Å². The Labute approximate surface area is 320 Å². The lowest BCUT2D eigenvalue weighted by atomic mass is 9.92. The highest BCUT2D eigenvalue weighted by atomic mass is 16.3. The molecule has 0 spiro atoms. The summed E-state index contributed by atoms with van der Waals surface area (Å²) in [6.07, 6.45) is 0. The maximum Gasteiger partial charge on any atom is 0.164 e. The van der Waals surface area contributed by atoms with E-state index in [1.165, 1.54) is 32.3 Å². The van der Waals surface area contributed by atoms with Gasteiger partial charge in [0, 0.05) is 38.2 Å². The molecule has 0 bridgehead atoms. The summed E-state index contributed by atoms with van der Waals surface area (Å²) in [5.41, 5.74) is 8.11. The van der Waals surface area contributed by atoms with Crippen LogP contribution in [-0.2, 0) is 0 Å². The monoisotopic (exact) mass is 715 g/mol. The lowest BCUT2D eigenvalue weighted by molar-refractivity contribution is 0.668. The molecule has 3 aromatic heterocycles. The first kappa shape index (κ1) is 30.8. The van der Waals surface area contributed by atoms with Crippen LogP contribution in [0.1, 0.15) is 0 Å². The van der Waals surface area contributed by atoms with Crippen LogP contribution in [0.25, 0.3) is 121 Å². The molecule has 0 amide bonds. The van der Waals surface area contributed by atoms with E-state index in [2.05, 4.69) is 103 Å². The second-order valence-electron chi connectivity index (χ2n) is 14.3. The van der Waals surface area contributed by atoms with Crippen LogP contribution in [-0.4, -0.2) is 15.0 Å². The molecule has 0 aliphatic carbocycles. The minimum absolute atomic E-state index is 0.571. The first-order chi connectivity index (χ1) is 27.7. The number of fused-ring (bicyclic) bond motifs is 12. The van der Waals surface area contributed by atoms with Gasteiger partial charge in [0.2, 0.25) is 0 Å². The van der Waals surface area contributed by atoms with Gasteiger partial charge in [-0.2, -0.15) is 0 Å². The Bertz CT molecular complexity index is 3510. The molecule has 0 unspecified atom stereocenters. The number of aromatic nitrogens is 3. The predicted octanol–water partition coefficient (Wildman–Crippen LogP) is 13.8. The summed E-state index contributed by atoms with van der Waals surface area (Å²) in [5, 5.41) is 11.5. The summed E-state index contributed by atoms with van der Waals surface area (Å²) in [5.74, 6) is 1.74. The molecule has 3 heterocycles. The van der Waals surface area contributed by atoms with E-state index in [0.29, 0.717) is 17.5 Å². The number of nitrogens with zero attached hydrogens (tertiary/aromatic N) is 3. The van der Waals surface area contributed by atoms with Gasteiger partial charge in [0.25, 0.3) is 0 Å². The fourth-order valence-electron chi connectivity index (χ4n) is 8.57. The molecule has 0 aliphatic heterocycles.